The topological polar surface area (TPSA) is 98.2 Å². The molecule has 5 nitrogen and oxygen atoms in total. The molecule has 1 aliphatic carbocycles. The van der Waals surface area contributed by atoms with E-state index in [9.17, 15) is 14.0 Å². The largest absolute Gasteiger partial charge is 0.399 e. The normalized spacial score (nSPS) is 21.8. The van der Waals surface area contributed by atoms with Crippen LogP contribution >= 0.6 is 0 Å². The molecule has 2 rings (SSSR count). The average Bonchev–Trinajstić information content (AvgIpc) is 2.43. The van der Waals surface area contributed by atoms with Crippen LogP contribution in [0.25, 0.3) is 0 Å². The molecule has 1 saturated carbocycles. The van der Waals surface area contributed by atoms with Gasteiger partial charge in [0.15, 0.2) is 0 Å². The Kier molecular flexibility index (Phi) is 4.45. The van der Waals surface area contributed by atoms with Crippen LogP contribution in [0, 0.1) is 18.7 Å². The van der Waals surface area contributed by atoms with Crippen LogP contribution in [-0.2, 0) is 4.79 Å². The van der Waals surface area contributed by atoms with Gasteiger partial charge in [-0.25, -0.2) is 4.39 Å². The monoisotopic (exact) mass is 293 g/mol. The summed E-state index contributed by atoms with van der Waals surface area (Å²) in [5.74, 6) is -1.43. The van der Waals surface area contributed by atoms with Crippen molar-refractivity contribution in [2.75, 3.05) is 5.73 Å². The highest BCUT2D eigenvalue weighted by Gasteiger charge is 2.26. The first kappa shape index (κ1) is 15.3. The minimum Gasteiger partial charge on any atom is -0.399 e. The van der Waals surface area contributed by atoms with E-state index < -0.39 is 11.7 Å². The summed E-state index contributed by atoms with van der Waals surface area (Å²) in [5, 5.41) is 2.80. The molecule has 0 spiro atoms. The minimum atomic E-state index is -0.549. The number of hydrogen-bond donors (Lipinski definition) is 3. The lowest BCUT2D eigenvalue weighted by Crippen LogP contribution is -2.40. The van der Waals surface area contributed by atoms with Crippen LogP contribution < -0.4 is 16.8 Å². The maximum absolute atomic E-state index is 14.0. The van der Waals surface area contributed by atoms with Gasteiger partial charge in [-0.2, -0.15) is 0 Å². The van der Waals surface area contributed by atoms with Gasteiger partial charge < -0.3 is 16.8 Å². The summed E-state index contributed by atoms with van der Waals surface area (Å²) in [7, 11) is 0. The summed E-state index contributed by atoms with van der Waals surface area (Å²) in [5.41, 5.74) is 11.6. The number of nitrogens with one attached hydrogen (secondary N) is 1. The van der Waals surface area contributed by atoms with Crippen molar-refractivity contribution < 1.29 is 14.0 Å². The molecule has 5 N–H and O–H groups in total. The number of halogens is 1. The smallest absolute Gasteiger partial charge is 0.254 e. The molecule has 0 bridgehead atoms. The molecular weight excluding hydrogens is 273 g/mol. The fraction of sp³-hybridized carbons (Fsp3) is 0.467. The van der Waals surface area contributed by atoms with Crippen LogP contribution in [0.15, 0.2) is 12.1 Å². The number of primary amides is 1. The SMILES string of the molecule is Cc1cc(N)cc(C(=O)NC2CCC(C(N)=O)CC2)c1F. The zero-order chi connectivity index (χ0) is 15.6. The Labute approximate surface area is 122 Å². The van der Waals surface area contributed by atoms with Gasteiger partial charge in [-0.1, -0.05) is 0 Å². The van der Waals surface area contributed by atoms with Gasteiger partial charge in [0.25, 0.3) is 5.91 Å². The molecule has 21 heavy (non-hydrogen) atoms. The lowest BCUT2D eigenvalue weighted by molar-refractivity contribution is -0.122. The van der Waals surface area contributed by atoms with Crippen molar-refractivity contribution in [2.24, 2.45) is 11.7 Å². The molecule has 0 unspecified atom stereocenters. The number of carbonyl (C=O) groups excluding carboxylic acids is 2. The summed E-state index contributed by atoms with van der Waals surface area (Å²) in [6, 6.07) is 2.77. The lowest BCUT2D eigenvalue weighted by Gasteiger charge is -2.27. The number of hydrogen-bond acceptors (Lipinski definition) is 3. The maximum atomic E-state index is 14.0. The third kappa shape index (κ3) is 3.51. The fourth-order valence-corrected chi connectivity index (χ4v) is 2.75. The molecule has 1 aromatic carbocycles. The number of carbonyl (C=O) groups is 2. The predicted octanol–water partition coefficient (Wildman–Crippen LogP) is 1.49. The summed E-state index contributed by atoms with van der Waals surface area (Å²) in [6.07, 6.45) is 2.64. The third-order valence-corrected chi connectivity index (χ3v) is 3.99. The van der Waals surface area contributed by atoms with Crippen molar-refractivity contribution in [1.82, 2.24) is 5.32 Å². The van der Waals surface area contributed by atoms with Gasteiger partial charge in [0.05, 0.1) is 5.56 Å². The van der Waals surface area contributed by atoms with Gasteiger partial charge in [-0.05, 0) is 50.3 Å². The Bertz CT molecular complexity index is 566. The van der Waals surface area contributed by atoms with Gasteiger partial charge in [0.2, 0.25) is 5.91 Å². The van der Waals surface area contributed by atoms with Crippen molar-refractivity contribution in [2.45, 2.75) is 38.6 Å². The standard InChI is InChI=1S/C15H20FN3O2/c1-8-6-10(17)7-12(13(8)16)15(21)19-11-4-2-9(3-5-11)14(18)20/h6-7,9,11H,2-5,17H2,1H3,(H2,18,20)(H,19,21). The molecule has 1 aliphatic rings. The summed E-state index contributed by atoms with van der Waals surface area (Å²) < 4.78 is 14.0. The molecule has 0 radical (unpaired) electrons. The second kappa shape index (κ2) is 6.11. The first-order valence-electron chi connectivity index (χ1n) is 7.04. The Hall–Kier alpha value is -2.11. The van der Waals surface area contributed by atoms with Crippen LogP contribution in [0.2, 0.25) is 0 Å². The van der Waals surface area contributed by atoms with Gasteiger partial charge >= 0.3 is 0 Å². The summed E-state index contributed by atoms with van der Waals surface area (Å²) in [4.78, 5) is 23.3. The van der Waals surface area contributed by atoms with Crippen LogP contribution in [-0.4, -0.2) is 17.9 Å². The molecule has 0 atom stereocenters. The molecule has 1 aromatic rings. The summed E-state index contributed by atoms with van der Waals surface area (Å²) in [6.45, 7) is 1.57. The van der Waals surface area contributed by atoms with Gasteiger partial charge in [0, 0.05) is 17.6 Å². The van der Waals surface area contributed by atoms with E-state index in [1.165, 1.54) is 12.1 Å². The second-order valence-electron chi connectivity index (χ2n) is 5.62. The Morgan fingerprint density at radius 2 is 1.86 bits per heavy atom. The number of aryl methyl sites for hydroxylation is 1. The van der Waals surface area contributed by atoms with E-state index in [0.717, 1.165) is 0 Å². The minimum absolute atomic E-state index is 0.0375. The zero-order valence-electron chi connectivity index (χ0n) is 12.0. The van der Waals surface area contributed by atoms with Crippen molar-refractivity contribution in [3.63, 3.8) is 0 Å². The van der Waals surface area contributed by atoms with Crippen molar-refractivity contribution >= 4 is 17.5 Å². The number of nitrogens with two attached hydrogens (primary N) is 2. The number of benzene rings is 1. The van der Waals surface area contributed by atoms with Gasteiger partial charge in [0.1, 0.15) is 5.82 Å². The number of anilines is 1. The molecule has 0 saturated heterocycles. The van der Waals surface area contributed by atoms with Gasteiger partial charge in [-0.15, -0.1) is 0 Å². The molecule has 0 heterocycles. The van der Waals surface area contributed by atoms with Crippen LogP contribution in [0.1, 0.15) is 41.6 Å². The molecule has 0 aromatic heterocycles. The van der Waals surface area contributed by atoms with Crippen molar-refractivity contribution in [3.8, 4) is 0 Å². The van der Waals surface area contributed by atoms with E-state index in [1.807, 2.05) is 0 Å². The number of nitrogen functional groups attached to an aromatic ring is 1. The molecule has 2 amide bonds. The second-order valence-corrected chi connectivity index (χ2v) is 5.62. The van der Waals surface area contributed by atoms with Crippen LogP contribution in [0.5, 0.6) is 0 Å². The predicted molar refractivity (Wildman–Crippen MR) is 78.0 cm³/mol. The van der Waals surface area contributed by atoms with Crippen LogP contribution in [0.3, 0.4) is 0 Å². The Morgan fingerprint density at radius 3 is 2.43 bits per heavy atom. The maximum Gasteiger partial charge on any atom is 0.254 e. The van der Waals surface area contributed by atoms with Crippen LogP contribution in [0.4, 0.5) is 10.1 Å². The van der Waals surface area contributed by atoms with E-state index in [0.29, 0.717) is 36.9 Å². The average molecular weight is 293 g/mol. The highest BCUT2D eigenvalue weighted by Crippen LogP contribution is 2.24. The van der Waals surface area contributed by atoms with E-state index in [1.54, 1.807) is 6.92 Å². The fourth-order valence-electron chi connectivity index (χ4n) is 2.75. The van der Waals surface area contributed by atoms with Crippen molar-refractivity contribution in [1.29, 1.82) is 0 Å². The Balaban J connectivity index is 2.01. The molecular formula is C15H20FN3O2. The molecule has 1 fully saturated rings. The first-order valence-corrected chi connectivity index (χ1v) is 7.04. The first-order chi connectivity index (χ1) is 9.88. The van der Waals surface area contributed by atoms with Gasteiger partial charge in [-0.3, -0.25) is 9.59 Å². The van der Waals surface area contributed by atoms with Crippen molar-refractivity contribution in [3.05, 3.63) is 29.1 Å². The summed E-state index contributed by atoms with van der Waals surface area (Å²) >= 11 is 0. The molecule has 114 valence electrons. The van der Waals surface area contributed by atoms with E-state index in [4.69, 9.17) is 11.5 Å². The highest BCUT2D eigenvalue weighted by molar-refractivity contribution is 5.95. The van der Waals surface area contributed by atoms with E-state index in [2.05, 4.69) is 5.32 Å². The number of rotatable bonds is 3. The molecule has 6 heteroatoms. The zero-order valence-corrected chi connectivity index (χ0v) is 12.0. The highest BCUT2D eigenvalue weighted by atomic mass is 19.1. The Morgan fingerprint density at radius 1 is 1.24 bits per heavy atom. The van der Waals surface area contributed by atoms with E-state index >= 15 is 0 Å². The number of amides is 2. The third-order valence-electron chi connectivity index (χ3n) is 3.99. The molecule has 0 aliphatic heterocycles. The lowest BCUT2D eigenvalue weighted by atomic mass is 9.85. The van der Waals surface area contributed by atoms with E-state index in [-0.39, 0.29) is 23.4 Å². The quantitative estimate of drug-likeness (QED) is 0.736.